The van der Waals surface area contributed by atoms with Gasteiger partial charge in [0.25, 0.3) is 11.8 Å². The normalized spacial score (nSPS) is 11.0. The van der Waals surface area contributed by atoms with Crippen molar-refractivity contribution < 1.29 is 22.8 Å². The van der Waals surface area contributed by atoms with E-state index in [1.807, 2.05) is 0 Å². The molecule has 8 heteroatoms. The van der Waals surface area contributed by atoms with Gasteiger partial charge in [0.1, 0.15) is 0 Å². The van der Waals surface area contributed by atoms with Crippen molar-refractivity contribution in [2.45, 2.75) is 37.0 Å². The van der Waals surface area contributed by atoms with E-state index in [1.165, 1.54) is 25.2 Å². The summed E-state index contributed by atoms with van der Waals surface area (Å²) in [6.07, 6.45) is 4.32. The smallest absolute Gasteiger partial charge is 0.287 e. The van der Waals surface area contributed by atoms with E-state index < -0.39 is 21.5 Å². The molecule has 0 aliphatic heterocycles. The molecule has 7 nitrogen and oxygen atoms in total. The minimum atomic E-state index is -3.35. The fraction of sp³-hybridized carbons (Fsp3) is 0.471. The van der Waals surface area contributed by atoms with Crippen LogP contribution in [-0.4, -0.2) is 45.9 Å². The highest BCUT2D eigenvalue weighted by atomic mass is 32.2. The number of nitrogens with one attached hydrogen (secondary N) is 2. The fourth-order valence-electron chi connectivity index (χ4n) is 2.19. The Kier molecular flexibility index (Phi) is 8.27. The first-order chi connectivity index (χ1) is 11.8. The number of Topliss-reactive ketones (excluding diaryl/α,β-unsaturated/α-hetero) is 1. The lowest BCUT2D eigenvalue weighted by molar-refractivity contribution is -0.137. The first-order valence-electron chi connectivity index (χ1n) is 8.09. The summed E-state index contributed by atoms with van der Waals surface area (Å²) < 4.78 is 23.0. The number of hydrogen-bond donors (Lipinski definition) is 2. The first kappa shape index (κ1) is 20.8. The average molecular weight is 368 g/mol. The van der Waals surface area contributed by atoms with Crippen LogP contribution in [0, 0.1) is 0 Å². The van der Waals surface area contributed by atoms with Gasteiger partial charge in [-0.3, -0.25) is 14.4 Å². The number of amides is 2. The second kappa shape index (κ2) is 9.93. The lowest BCUT2D eigenvalue weighted by atomic mass is 10.1. The Bertz CT molecular complexity index is 728. The molecule has 0 spiro atoms. The number of likely N-dealkylation sites (N-methyl/N-ethyl adjacent to an activating group) is 1. The number of ketones is 1. The van der Waals surface area contributed by atoms with Crippen LogP contribution in [0.2, 0.25) is 0 Å². The maximum atomic E-state index is 12.0. The van der Waals surface area contributed by atoms with Crippen LogP contribution in [0.3, 0.4) is 0 Å². The lowest BCUT2D eigenvalue weighted by Crippen LogP contribution is -2.27. The van der Waals surface area contributed by atoms with Crippen molar-refractivity contribution in [3.05, 3.63) is 29.8 Å². The fourth-order valence-corrected chi connectivity index (χ4v) is 2.86. The zero-order valence-corrected chi connectivity index (χ0v) is 15.3. The van der Waals surface area contributed by atoms with Crippen molar-refractivity contribution in [3.8, 4) is 0 Å². The molecule has 25 heavy (non-hydrogen) atoms. The highest BCUT2D eigenvalue weighted by Crippen LogP contribution is 2.11. The van der Waals surface area contributed by atoms with Crippen molar-refractivity contribution in [2.75, 3.05) is 19.8 Å². The summed E-state index contributed by atoms with van der Waals surface area (Å²) in [7, 11) is -1.92. The third kappa shape index (κ3) is 7.47. The van der Waals surface area contributed by atoms with E-state index >= 15 is 0 Å². The lowest BCUT2D eigenvalue weighted by Gasteiger charge is -2.06. The number of carbonyl (C=O) groups excluding carboxylic acids is 3. The molecule has 1 aromatic rings. The molecule has 0 aliphatic carbocycles. The number of hydrogen-bond acceptors (Lipinski definition) is 5. The summed E-state index contributed by atoms with van der Waals surface area (Å²) in [6, 6.07) is 5.91. The van der Waals surface area contributed by atoms with Gasteiger partial charge in [-0.05, 0) is 31.0 Å². The molecule has 138 valence electrons. The molecule has 1 rings (SSSR count). The highest BCUT2D eigenvalue weighted by molar-refractivity contribution is 7.90. The van der Waals surface area contributed by atoms with Crippen molar-refractivity contribution >= 4 is 27.4 Å². The maximum absolute atomic E-state index is 12.0. The van der Waals surface area contributed by atoms with Crippen molar-refractivity contribution in [1.29, 1.82) is 0 Å². The van der Waals surface area contributed by atoms with Gasteiger partial charge in [-0.15, -0.1) is 0 Å². The summed E-state index contributed by atoms with van der Waals surface area (Å²) in [4.78, 5) is 34.5. The molecule has 0 atom stereocenters. The molecular formula is C17H24N2O5S. The van der Waals surface area contributed by atoms with Crippen LogP contribution in [0.15, 0.2) is 29.2 Å². The van der Waals surface area contributed by atoms with Crippen LogP contribution in [0.5, 0.6) is 0 Å². The molecule has 1 aromatic carbocycles. The monoisotopic (exact) mass is 368 g/mol. The number of sulfone groups is 1. The summed E-state index contributed by atoms with van der Waals surface area (Å²) in [6.45, 7) is 0.464. The third-order valence-corrected chi connectivity index (χ3v) is 4.73. The molecule has 0 aromatic heterocycles. The van der Waals surface area contributed by atoms with Gasteiger partial charge in [0.05, 0.1) is 4.90 Å². The molecule has 0 saturated carbocycles. The molecule has 2 N–H and O–H groups in total. The second-order valence-electron chi connectivity index (χ2n) is 5.72. The van der Waals surface area contributed by atoms with Gasteiger partial charge in [0, 0.05) is 31.8 Å². The van der Waals surface area contributed by atoms with Crippen LogP contribution in [0.25, 0.3) is 0 Å². The standard InChI is InChI=1S/C17H24N2O5S/c1-18-17(22)15(20)10-5-3-4-6-11-19-16(21)13-8-7-9-14(12-13)25(2,23)24/h7-9,12H,3-6,10-11H2,1-2H3,(H,18,22)(H,19,21). The Morgan fingerprint density at radius 3 is 2.36 bits per heavy atom. The molecule has 0 radical (unpaired) electrons. The largest absolute Gasteiger partial charge is 0.353 e. The quantitative estimate of drug-likeness (QED) is 0.474. The SMILES string of the molecule is CNC(=O)C(=O)CCCCCCNC(=O)c1cccc(S(C)(=O)=O)c1. The predicted molar refractivity (Wildman–Crippen MR) is 94.0 cm³/mol. The van der Waals surface area contributed by atoms with Crippen molar-refractivity contribution in [2.24, 2.45) is 0 Å². The van der Waals surface area contributed by atoms with Gasteiger partial charge in [-0.25, -0.2) is 8.42 Å². The molecule has 0 saturated heterocycles. The Labute approximate surface area is 148 Å². The number of rotatable bonds is 10. The Morgan fingerprint density at radius 1 is 1.04 bits per heavy atom. The van der Waals surface area contributed by atoms with Crippen LogP contribution in [0.4, 0.5) is 0 Å². The van der Waals surface area contributed by atoms with Crippen LogP contribution >= 0.6 is 0 Å². The van der Waals surface area contributed by atoms with Gasteiger partial charge in [0.2, 0.25) is 5.78 Å². The minimum absolute atomic E-state index is 0.112. The van der Waals surface area contributed by atoms with E-state index in [0.29, 0.717) is 18.5 Å². The van der Waals surface area contributed by atoms with Gasteiger partial charge < -0.3 is 10.6 Å². The summed E-state index contributed by atoms with van der Waals surface area (Å²) >= 11 is 0. The molecule has 0 heterocycles. The number of unbranched alkanes of at least 4 members (excludes halogenated alkanes) is 3. The highest BCUT2D eigenvalue weighted by Gasteiger charge is 2.12. The predicted octanol–water partition coefficient (Wildman–Crippen LogP) is 1.09. The zero-order chi connectivity index (χ0) is 18.9. The maximum Gasteiger partial charge on any atom is 0.287 e. The van der Waals surface area contributed by atoms with Gasteiger partial charge in [-0.2, -0.15) is 0 Å². The van der Waals surface area contributed by atoms with Crippen LogP contribution in [-0.2, 0) is 19.4 Å². The number of carbonyl (C=O) groups is 3. The molecule has 0 bridgehead atoms. The molecule has 0 aliphatic rings. The second-order valence-corrected chi connectivity index (χ2v) is 7.74. The van der Waals surface area contributed by atoms with Crippen LogP contribution < -0.4 is 10.6 Å². The molecule has 0 fully saturated rings. The van der Waals surface area contributed by atoms with E-state index in [4.69, 9.17) is 0 Å². The van der Waals surface area contributed by atoms with Gasteiger partial charge >= 0.3 is 0 Å². The van der Waals surface area contributed by atoms with Crippen LogP contribution in [0.1, 0.15) is 42.5 Å². The third-order valence-electron chi connectivity index (χ3n) is 3.62. The van der Waals surface area contributed by atoms with Crippen molar-refractivity contribution in [3.63, 3.8) is 0 Å². The summed E-state index contributed by atoms with van der Waals surface area (Å²) in [5.74, 6) is -1.30. The van der Waals surface area contributed by atoms with E-state index in [2.05, 4.69) is 10.6 Å². The Balaban J connectivity index is 2.28. The topological polar surface area (TPSA) is 109 Å². The minimum Gasteiger partial charge on any atom is -0.353 e. The Hall–Kier alpha value is -2.22. The van der Waals surface area contributed by atoms with E-state index in [1.54, 1.807) is 6.07 Å². The number of benzene rings is 1. The summed E-state index contributed by atoms with van der Waals surface area (Å²) in [5.41, 5.74) is 0.305. The molecule has 0 unspecified atom stereocenters. The van der Waals surface area contributed by atoms with Gasteiger partial charge in [0.15, 0.2) is 9.84 Å². The zero-order valence-electron chi connectivity index (χ0n) is 14.5. The average Bonchev–Trinajstić information content (AvgIpc) is 2.59. The van der Waals surface area contributed by atoms with E-state index in [0.717, 1.165) is 25.5 Å². The first-order valence-corrected chi connectivity index (χ1v) is 9.98. The van der Waals surface area contributed by atoms with Gasteiger partial charge in [-0.1, -0.05) is 18.9 Å². The molecule has 2 amide bonds. The molecular weight excluding hydrogens is 344 g/mol. The van der Waals surface area contributed by atoms with Crippen molar-refractivity contribution in [1.82, 2.24) is 10.6 Å². The summed E-state index contributed by atoms with van der Waals surface area (Å²) in [5, 5.41) is 5.03. The van der Waals surface area contributed by atoms with E-state index in [9.17, 15) is 22.8 Å². The Morgan fingerprint density at radius 2 is 1.72 bits per heavy atom. The van der Waals surface area contributed by atoms with E-state index in [-0.39, 0.29) is 17.2 Å².